The highest BCUT2D eigenvalue weighted by Crippen LogP contribution is 2.26. The fraction of sp³-hybridized carbons (Fsp3) is 1.00. The molecule has 0 bridgehead atoms. The summed E-state index contributed by atoms with van der Waals surface area (Å²) in [5.74, 6) is 0. The van der Waals surface area contributed by atoms with Gasteiger partial charge in [-0.05, 0) is 51.9 Å². The van der Waals surface area contributed by atoms with Crippen molar-refractivity contribution in [1.29, 1.82) is 0 Å². The minimum absolute atomic E-state index is 0.742. The van der Waals surface area contributed by atoms with Crippen molar-refractivity contribution in [2.75, 3.05) is 54.6 Å². The SMILES string of the molecule is CCCNCCC[Si](OC)(OC)O[Si](CCCNCCC)(OC)OC. The van der Waals surface area contributed by atoms with Gasteiger partial charge in [0.1, 0.15) is 0 Å². The Morgan fingerprint density at radius 1 is 0.600 bits per heavy atom. The van der Waals surface area contributed by atoms with Crippen LogP contribution in [0.2, 0.25) is 12.1 Å². The van der Waals surface area contributed by atoms with Crippen molar-refractivity contribution in [3.05, 3.63) is 0 Å². The maximum atomic E-state index is 6.37. The first-order chi connectivity index (χ1) is 12.1. The van der Waals surface area contributed by atoms with Crippen molar-refractivity contribution in [2.24, 2.45) is 0 Å². The second kappa shape index (κ2) is 15.2. The molecular weight excluding hydrogens is 356 g/mol. The van der Waals surface area contributed by atoms with Crippen molar-refractivity contribution >= 4 is 17.6 Å². The molecule has 0 heterocycles. The third kappa shape index (κ3) is 10.2. The molecule has 0 aliphatic heterocycles. The predicted octanol–water partition coefficient (Wildman–Crippen LogP) is 2.25. The van der Waals surface area contributed by atoms with E-state index in [-0.39, 0.29) is 0 Å². The Bertz CT molecular complexity index is 278. The highest BCUT2D eigenvalue weighted by molar-refractivity contribution is 6.74. The van der Waals surface area contributed by atoms with E-state index in [1.165, 1.54) is 0 Å². The van der Waals surface area contributed by atoms with E-state index < -0.39 is 17.6 Å². The lowest BCUT2D eigenvalue weighted by molar-refractivity contribution is 0.0859. The molecule has 0 aromatic carbocycles. The lowest BCUT2D eigenvalue weighted by Gasteiger charge is -2.35. The molecule has 0 saturated heterocycles. The van der Waals surface area contributed by atoms with Crippen molar-refractivity contribution in [3.63, 3.8) is 0 Å². The molecule has 152 valence electrons. The highest BCUT2D eigenvalue weighted by Gasteiger charge is 2.51. The van der Waals surface area contributed by atoms with E-state index in [1.54, 1.807) is 28.4 Å². The standard InChI is InChI=1S/C16H40N2O5Si2/c1-7-11-17-13-9-15-24(19-3,20-4)23-25(21-5,22-6)16-10-14-18-12-8-2/h17-18H,7-16H2,1-6H3. The van der Waals surface area contributed by atoms with Crippen molar-refractivity contribution in [1.82, 2.24) is 10.6 Å². The Balaban J connectivity index is 4.68. The fourth-order valence-electron chi connectivity index (χ4n) is 2.54. The molecule has 0 rings (SSSR count). The topological polar surface area (TPSA) is 70.2 Å². The molecule has 2 N–H and O–H groups in total. The number of rotatable bonds is 18. The number of nitrogens with one attached hydrogen (secondary N) is 2. The Hall–Kier alpha value is 0.154. The van der Waals surface area contributed by atoms with Crippen LogP contribution in [-0.4, -0.2) is 72.2 Å². The molecule has 0 aromatic rings. The Morgan fingerprint density at radius 3 is 1.24 bits per heavy atom. The van der Waals surface area contributed by atoms with E-state index in [2.05, 4.69) is 24.5 Å². The number of hydrogen-bond acceptors (Lipinski definition) is 7. The van der Waals surface area contributed by atoms with Crippen LogP contribution in [0.1, 0.15) is 39.5 Å². The summed E-state index contributed by atoms with van der Waals surface area (Å²) < 4.78 is 29.3. The molecule has 0 aliphatic rings. The van der Waals surface area contributed by atoms with E-state index in [4.69, 9.17) is 21.8 Å². The summed E-state index contributed by atoms with van der Waals surface area (Å²) in [6, 6.07) is 1.48. The van der Waals surface area contributed by atoms with Crippen molar-refractivity contribution in [2.45, 2.75) is 51.6 Å². The summed E-state index contributed by atoms with van der Waals surface area (Å²) in [6.07, 6.45) is 4.12. The monoisotopic (exact) mass is 396 g/mol. The summed E-state index contributed by atoms with van der Waals surface area (Å²) in [5, 5.41) is 6.79. The van der Waals surface area contributed by atoms with Crippen LogP contribution in [0.5, 0.6) is 0 Å². The normalized spacial score (nSPS) is 12.7. The molecule has 0 aromatic heterocycles. The molecule has 0 atom stereocenters. The first-order valence-electron chi connectivity index (χ1n) is 9.39. The minimum Gasteiger partial charge on any atom is -0.377 e. The van der Waals surface area contributed by atoms with Gasteiger partial charge in [0.05, 0.1) is 0 Å². The molecule has 0 spiro atoms. The van der Waals surface area contributed by atoms with Crippen LogP contribution in [0.4, 0.5) is 0 Å². The maximum Gasteiger partial charge on any atom is 0.493 e. The summed E-state index contributed by atoms with van der Waals surface area (Å²) in [4.78, 5) is 0. The molecule has 0 radical (unpaired) electrons. The Kier molecular flexibility index (Phi) is 15.3. The third-order valence-electron chi connectivity index (χ3n) is 4.08. The van der Waals surface area contributed by atoms with E-state index in [0.29, 0.717) is 0 Å². The van der Waals surface area contributed by atoms with Gasteiger partial charge in [-0.2, -0.15) is 0 Å². The molecule has 0 saturated carbocycles. The molecule has 0 fully saturated rings. The lowest BCUT2D eigenvalue weighted by atomic mass is 10.4. The van der Waals surface area contributed by atoms with Gasteiger partial charge in [-0.15, -0.1) is 0 Å². The van der Waals surface area contributed by atoms with Crippen LogP contribution in [0, 0.1) is 0 Å². The smallest absolute Gasteiger partial charge is 0.377 e. The van der Waals surface area contributed by atoms with Gasteiger partial charge in [-0.3, -0.25) is 0 Å². The van der Waals surface area contributed by atoms with E-state index in [0.717, 1.165) is 64.0 Å². The van der Waals surface area contributed by atoms with E-state index in [1.807, 2.05) is 0 Å². The first-order valence-corrected chi connectivity index (χ1v) is 13.3. The lowest BCUT2D eigenvalue weighted by Crippen LogP contribution is -2.57. The van der Waals surface area contributed by atoms with Gasteiger partial charge in [0.25, 0.3) is 0 Å². The molecule has 0 aliphatic carbocycles. The van der Waals surface area contributed by atoms with Crippen LogP contribution in [0.3, 0.4) is 0 Å². The Labute approximate surface area is 156 Å². The minimum atomic E-state index is -2.81. The second-order valence-electron chi connectivity index (χ2n) is 5.99. The molecule has 7 nitrogen and oxygen atoms in total. The zero-order chi connectivity index (χ0) is 19.0. The average Bonchev–Trinajstić information content (AvgIpc) is 2.65. The number of hydrogen-bond donors (Lipinski definition) is 2. The van der Waals surface area contributed by atoms with Crippen LogP contribution in [0.25, 0.3) is 0 Å². The zero-order valence-electron chi connectivity index (χ0n) is 17.1. The molecule has 0 unspecified atom stereocenters. The average molecular weight is 397 g/mol. The fourth-order valence-corrected chi connectivity index (χ4v) is 8.96. The largest absolute Gasteiger partial charge is 0.493 e. The first kappa shape index (κ1) is 25.2. The van der Waals surface area contributed by atoms with Gasteiger partial charge in [0.2, 0.25) is 0 Å². The van der Waals surface area contributed by atoms with Gasteiger partial charge in [-0.1, -0.05) is 13.8 Å². The van der Waals surface area contributed by atoms with E-state index >= 15 is 0 Å². The predicted molar refractivity (Wildman–Crippen MR) is 106 cm³/mol. The van der Waals surface area contributed by atoms with Gasteiger partial charge >= 0.3 is 17.6 Å². The molecule has 0 amide bonds. The van der Waals surface area contributed by atoms with Crippen LogP contribution in [-0.2, 0) is 21.8 Å². The third-order valence-corrected chi connectivity index (χ3v) is 11.0. The second-order valence-corrected chi connectivity index (χ2v) is 12.2. The molecule has 9 heteroatoms. The van der Waals surface area contributed by atoms with Gasteiger partial charge < -0.3 is 32.5 Å². The van der Waals surface area contributed by atoms with Crippen LogP contribution in [0.15, 0.2) is 0 Å². The summed E-state index contributed by atoms with van der Waals surface area (Å²) in [5.41, 5.74) is 0. The van der Waals surface area contributed by atoms with E-state index in [9.17, 15) is 0 Å². The van der Waals surface area contributed by atoms with Crippen LogP contribution >= 0.6 is 0 Å². The highest BCUT2D eigenvalue weighted by atomic mass is 28.5. The Morgan fingerprint density at radius 2 is 0.960 bits per heavy atom. The quantitative estimate of drug-likeness (QED) is 0.272. The zero-order valence-corrected chi connectivity index (χ0v) is 19.1. The summed E-state index contributed by atoms with van der Waals surface area (Å²) in [7, 11) is 1.01. The molecule has 25 heavy (non-hydrogen) atoms. The van der Waals surface area contributed by atoms with Gasteiger partial charge in [0.15, 0.2) is 0 Å². The summed E-state index contributed by atoms with van der Waals surface area (Å²) >= 11 is 0. The van der Waals surface area contributed by atoms with Crippen LogP contribution < -0.4 is 10.6 Å². The van der Waals surface area contributed by atoms with Crippen molar-refractivity contribution in [3.8, 4) is 0 Å². The van der Waals surface area contributed by atoms with Gasteiger partial charge in [0, 0.05) is 40.5 Å². The van der Waals surface area contributed by atoms with Crippen molar-refractivity contribution < 1.29 is 21.8 Å². The summed E-state index contributed by atoms with van der Waals surface area (Å²) in [6.45, 7) is 8.21. The van der Waals surface area contributed by atoms with Gasteiger partial charge in [-0.25, -0.2) is 0 Å². The maximum absolute atomic E-state index is 6.37. The molecular formula is C16H40N2O5Si2.